The summed E-state index contributed by atoms with van der Waals surface area (Å²) in [4.78, 5) is 12.5. The van der Waals surface area contributed by atoms with Gasteiger partial charge in [0.25, 0.3) is 5.91 Å². The van der Waals surface area contributed by atoms with Gasteiger partial charge in [-0.3, -0.25) is 4.79 Å². The number of quaternary nitrogens is 1. The van der Waals surface area contributed by atoms with Crippen LogP contribution in [-0.4, -0.2) is 17.1 Å². The third-order valence-electron chi connectivity index (χ3n) is 4.09. The van der Waals surface area contributed by atoms with Gasteiger partial charge in [0.15, 0.2) is 11.9 Å². The molecule has 3 aromatic rings. The molecule has 5 heteroatoms. The maximum absolute atomic E-state index is 12.5. The molecule has 3 N–H and O–H groups in total. The second-order valence-corrected chi connectivity index (χ2v) is 6.09. The smallest absolute Gasteiger partial charge is 0.283 e. The van der Waals surface area contributed by atoms with Crippen molar-refractivity contribution in [2.24, 2.45) is 0 Å². The van der Waals surface area contributed by atoms with Gasteiger partial charge in [-0.1, -0.05) is 65.8 Å². The Morgan fingerprint density at radius 1 is 1.04 bits per heavy atom. The van der Waals surface area contributed by atoms with Crippen LogP contribution in [0.15, 0.2) is 71.3 Å². The molecule has 0 aliphatic heterocycles. The first-order chi connectivity index (χ1) is 12.1. The van der Waals surface area contributed by atoms with Crippen molar-refractivity contribution >= 4 is 11.7 Å². The van der Waals surface area contributed by atoms with Crippen molar-refractivity contribution in [3.8, 4) is 0 Å². The maximum Gasteiger partial charge on any atom is 0.283 e. The lowest BCUT2D eigenvalue weighted by molar-refractivity contribution is -0.704. The number of aromatic nitrogens is 1. The van der Waals surface area contributed by atoms with Crippen molar-refractivity contribution in [2.75, 3.05) is 5.32 Å². The number of carbonyl (C=O) groups is 1. The van der Waals surface area contributed by atoms with Gasteiger partial charge >= 0.3 is 0 Å². The molecule has 1 heterocycles. The van der Waals surface area contributed by atoms with Crippen LogP contribution in [0.3, 0.4) is 0 Å². The van der Waals surface area contributed by atoms with E-state index in [0.717, 1.165) is 11.1 Å². The highest BCUT2D eigenvalue weighted by atomic mass is 16.5. The fraction of sp³-hybridized carbons (Fsp3) is 0.200. The van der Waals surface area contributed by atoms with E-state index in [4.69, 9.17) is 4.52 Å². The largest absolute Gasteiger partial charge is 0.360 e. The normalized spacial score (nSPS) is 12.1. The lowest BCUT2D eigenvalue weighted by atomic mass is 9.98. The molecule has 0 saturated heterocycles. The number of nitrogens with zero attached hydrogens (tertiary/aromatic N) is 1. The summed E-state index contributed by atoms with van der Waals surface area (Å²) in [5.41, 5.74) is 2.32. The lowest BCUT2D eigenvalue weighted by Gasteiger charge is -2.20. The number of benzene rings is 2. The summed E-state index contributed by atoms with van der Waals surface area (Å²) in [6.45, 7) is 3.68. The number of nitrogens with two attached hydrogens (primary N) is 1. The van der Waals surface area contributed by atoms with Crippen LogP contribution in [0, 0.1) is 6.92 Å². The molecule has 1 amide bonds. The molecule has 5 nitrogen and oxygen atoms in total. The topological polar surface area (TPSA) is 71.7 Å². The molecule has 0 aliphatic rings. The highest BCUT2D eigenvalue weighted by molar-refractivity contribution is 5.92. The van der Waals surface area contributed by atoms with E-state index in [1.807, 2.05) is 43.3 Å². The molecule has 2 aromatic carbocycles. The molecule has 0 fully saturated rings. The molecule has 0 spiro atoms. The summed E-state index contributed by atoms with van der Waals surface area (Å²) in [7, 11) is 0. The summed E-state index contributed by atoms with van der Waals surface area (Å²) in [5, 5.41) is 8.67. The van der Waals surface area contributed by atoms with E-state index in [9.17, 15) is 4.79 Å². The number of carbonyl (C=O) groups excluding carboxylic acids is 1. The molecule has 1 atom stereocenters. The molecule has 0 aliphatic carbocycles. The van der Waals surface area contributed by atoms with Crippen LogP contribution < -0.4 is 10.6 Å². The molecule has 128 valence electrons. The van der Waals surface area contributed by atoms with E-state index in [0.29, 0.717) is 11.6 Å². The first-order valence-corrected chi connectivity index (χ1v) is 8.32. The summed E-state index contributed by atoms with van der Waals surface area (Å²) < 4.78 is 4.99. The molecule has 0 bridgehead atoms. The minimum atomic E-state index is -0.289. The fourth-order valence-electron chi connectivity index (χ4n) is 2.78. The zero-order chi connectivity index (χ0) is 17.6. The van der Waals surface area contributed by atoms with Gasteiger partial charge in [0.1, 0.15) is 11.8 Å². The number of nitrogens with one attached hydrogen (secondary N) is 1. The van der Waals surface area contributed by atoms with E-state index < -0.39 is 0 Å². The second kappa shape index (κ2) is 7.77. The number of hydrogen-bond donors (Lipinski definition) is 2. The van der Waals surface area contributed by atoms with E-state index >= 15 is 0 Å². The Balaban J connectivity index is 1.76. The van der Waals surface area contributed by atoms with Crippen molar-refractivity contribution in [1.29, 1.82) is 0 Å². The van der Waals surface area contributed by atoms with Gasteiger partial charge in [-0.2, -0.15) is 0 Å². The Morgan fingerprint density at radius 2 is 1.60 bits per heavy atom. The van der Waals surface area contributed by atoms with Crippen molar-refractivity contribution in [3.63, 3.8) is 0 Å². The second-order valence-electron chi connectivity index (χ2n) is 6.09. The Morgan fingerprint density at radius 3 is 2.08 bits per heavy atom. The van der Waals surface area contributed by atoms with Crippen molar-refractivity contribution in [1.82, 2.24) is 5.16 Å². The monoisotopic (exact) mass is 336 g/mol. The van der Waals surface area contributed by atoms with Gasteiger partial charge in [0.05, 0.1) is 0 Å². The highest BCUT2D eigenvalue weighted by Crippen LogP contribution is 2.18. The molecule has 0 saturated carbocycles. The van der Waals surface area contributed by atoms with Gasteiger partial charge in [-0.15, -0.1) is 0 Å². The van der Waals surface area contributed by atoms with E-state index in [1.165, 1.54) is 0 Å². The fourth-order valence-corrected chi connectivity index (χ4v) is 2.78. The van der Waals surface area contributed by atoms with E-state index in [-0.39, 0.29) is 18.0 Å². The standard InChI is InChI=1S/C20H21N3O2/c1-14-13-18(23-25-14)22-20(24)15(2)21-19(16-9-5-3-6-10-16)17-11-7-4-8-12-17/h3-13,15,19,21H,1-2H3,(H,22,23,24)/p+1/t15-/m0/s1. The number of anilines is 1. The van der Waals surface area contributed by atoms with Crippen molar-refractivity contribution < 1.29 is 14.6 Å². The SMILES string of the molecule is Cc1cc(NC(=O)[C@H](C)[NH2+]C(c2ccccc2)c2ccccc2)no1. The molecular formula is C20H22N3O2+. The van der Waals surface area contributed by atoms with Gasteiger partial charge in [-0.05, 0) is 13.8 Å². The van der Waals surface area contributed by atoms with E-state index in [1.54, 1.807) is 13.0 Å². The summed E-state index contributed by atoms with van der Waals surface area (Å²) in [6.07, 6.45) is 0. The zero-order valence-corrected chi connectivity index (χ0v) is 14.3. The maximum atomic E-state index is 12.5. The number of aryl methyl sites for hydroxylation is 1. The summed E-state index contributed by atoms with van der Waals surface area (Å²) >= 11 is 0. The van der Waals surface area contributed by atoms with Crippen LogP contribution >= 0.6 is 0 Å². The van der Waals surface area contributed by atoms with Crippen LogP contribution in [0.4, 0.5) is 5.82 Å². The molecule has 3 rings (SSSR count). The quantitative estimate of drug-likeness (QED) is 0.727. The van der Waals surface area contributed by atoms with Gasteiger partial charge < -0.3 is 15.2 Å². The first kappa shape index (κ1) is 16.9. The van der Waals surface area contributed by atoms with Crippen LogP contribution in [-0.2, 0) is 4.79 Å². The molecule has 0 unspecified atom stereocenters. The average Bonchev–Trinajstić information content (AvgIpc) is 3.05. The van der Waals surface area contributed by atoms with Crippen LogP contribution in [0.2, 0.25) is 0 Å². The van der Waals surface area contributed by atoms with Gasteiger partial charge in [-0.25, -0.2) is 0 Å². The number of amides is 1. The van der Waals surface area contributed by atoms with Crippen molar-refractivity contribution in [3.05, 3.63) is 83.6 Å². The Kier molecular flexibility index (Phi) is 5.26. The lowest BCUT2D eigenvalue weighted by Crippen LogP contribution is -2.92. The van der Waals surface area contributed by atoms with Crippen molar-refractivity contribution in [2.45, 2.75) is 25.9 Å². The van der Waals surface area contributed by atoms with Crippen LogP contribution in [0.5, 0.6) is 0 Å². The van der Waals surface area contributed by atoms with Crippen LogP contribution in [0.1, 0.15) is 29.9 Å². The van der Waals surface area contributed by atoms with E-state index in [2.05, 4.69) is 40.1 Å². The molecular weight excluding hydrogens is 314 g/mol. The third kappa shape index (κ3) is 4.33. The summed E-state index contributed by atoms with van der Waals surface area (Å²) in [5.74, 6) is 1.00. The Bertz CT molecular complexity index is 776. The van der Waals surface area contributed by atoms with Crippen LogP contribution in [0.25, 0.3) is 0 Å². The minimum absolute atomic E-state index is 0.0437. The first-order valence-electron chi connectivity index (χ1n) is 8.32. The number of rotatable bonds is 6. The van der Waals surface area contributed by atoms with Gasteiger partial charge in [0.2, 0.25) is 0 Å². The Hall–Kier alpha value is -2.92. The molecule has 25 heavy (non-hydrogen) atoms. The molecule has 0 radical (unpaired) electrons. The number of hydrogen-bond acceptors (Lipinski definition) is 3. The van der Waals surface area contributed by atoms with Gasteiger partial charge in [0, 0.05) is 17.2 Å². The minimum Gasteiger partial charge on any atom is -0.360 e. The predicted molar refractivity (Wildman–Crippen MR) is 96.0 cm³/mol. The predicted octanol–water partition coefficient (Wildman–Crippen LogP) is 2.66. The highest BCUT2D eigenvalue weighted by Gasteiger charge is 2.25. The third-order valence-corrected chi connectivity index (χ3v) is 4.09. The summed E-state index contributed by atoms with van der Waals surface area (Å²) in [6, 6.07) is 21.8. The Labute approximate surface area is 147 Å². The molecule has 1 aromatic heterocycles. The average molecular weight is 336 g/mol. The zero-order valence-electron chi connectivity index (χ0n) is 14.3.